The maximum atomic E-state index is 5.82. The molecule has 126 valence electrons. The van der Waals surface area contributed by atoms with Crippen molar-refractivity contribution in [2.75, 3.05) is 13.7 Å². The van der Waals surface area contributed by atoms with Crippen LogP contribution in [-0.2, 0) is 12.0 Å². The lowest BCUT2D eigenvalue weighted by Crippen LogP contribution is -2.26. The number of nitrogens with zero attached hydrogens (tertiary/aromatic N) is 3. The highest BCUT2D eigenvalue weighted by Gasteiger charge is 2.23. The van der Waals surface area contributed by atoms with Gasteiger partial charge in [-0.2, -0.15) is 0 Å². The Morgan fingerprint density at radius 3 is 2.57 bits per heavy atom. The molecule has 23 heavy (non-hydrogen) atoms. The third kappa shape index (κ3) is 4.32. The van der Waals surface area contributed by atoms with Crippen molar-refractivity contribution in [3.63, 3.8) is 0 Å². The van der Waals surface area contributed by atoms with E-state index in [4.69, 9.17) is 9.15 Å². The molecular formula is C18H27N3O2. The van der Waals surface area contributed by atoms with Crippen LogP contribution in [0.4, 0.5) is 0 Å². The summed E-state index contributed by atoms with van der Waals surface area (Å²) in [5.41, 5.74) is 1.09. The van der Waals surface area contributed by atoms with E-state index in [9.17, 15) is 0 Å². The minimum absolute atomic E-state index is 0.124. The molecule has 1 heterocycles. The maximum absolute atomic E-state index is 5.82. The molecule has 0 saturated carbocycles. The Labute approximate surface area is 138 Å². The Morgan fingerprint density at radius 1 is 1.26 bits per heavy atom. The molecule has 5 heteroatoms. The lowest BCUT2D eigenvalue weighted by molar-refractivity contribution is 0.188. The fraction of sp³-hybridized carbons (Fsp3) is 0.556. The number of methoxy groups -OCH3 is 1. The number of aromatic nitrogens is 2. The maximum Gasteiger partial charge on any atom is 0.230 e. The van der Waals surface area contributed by atoms with Crippen molar-refractivity contribution >= 4 is 0 Å². The van der Waals surface area contributed by atoms with Crippen LogP contribution in [-0.4, -0.2) is 28.8 Å². The first kappa shape index (κ1) is 17.5. The van der Waals surface area contributed by atoms with Gasteiger partial charge in [0.1, 0.15) is 5.75 Å². The smallest absolute Gasteiger partial charge is 0.230 e. The largest absolute Gasteiger partial charge is 0.497 e. The monoisotopic (exact) mass is 317 g/mol. The summed E-state index contributed by atoms with van der Waals surface area (Å²) in [5, 5.41) is 8.37. The van der Waals surface area contributed by atoms with E-state index in [2.05, 4.69) is 61.8 Å². The molecule has 1 atom stereocenters. The molecule has 0 spiro atoms. The van der Waals surface area contributed by atoms with Gasteiger partial charge in [0.2, 0.25) is 11.8 Å². The summed E-state index contributed by atoms with van der Waals surface area (Å²) in [4.78, 5) is 2.30. The Morgan fingerprint density at radius 2 is 2.00 bits per heavy atom. The molecule has 2 rings (SSSR count). The lowest BCUT2D eigenvalue weighted by Gasteiger charge is -2.27. The average molecular weight is 317 g/mol. The fourth-order valence-corrected chi connectivity index (χ4v) is 2.43. The zero-order chi connectivity index (χ0) is 17.0. The molecule has 0 radical (unpaired) electrons. The van der Waals surface area contributed by atoms with Crippen molar-refractivity contribution in [1.29, 1.82) is 0 Å². The predicted molar refractivity (Wildman–Crippen MR) is 90.5 cm³/mol. The molecule has 5 nitrogen and oxygen atoms in total. The summed E-state index contributed by atoms with van der Waals surface area (Å²) >= 11 is 0. The van der Waals surface area contributed by atoms with Crippen LogP contribution in [0.2, 0.25) is 0 Å². The molecule has 0 bridgehead atoms. The normalized spacial score (nSPS) is 13.3. The first-order valence-corrected chi connectivity index (χ1v) is 8.06. The van der Waals surface area contributed by atoms with Crippen LogP contribution in [0.1, 0.15) is 58.0 Å². The van der Waals surface area contributed by atoms with E-state index < -0.39 is 0 Å². The van der Waals surface area contributed by atoms with Crippen molar-refractivity contribution in [3.8, 4) is 5.75 Å². The summed E-state index contributed by atoms with van der Waals surface area (Å²) in [7, 11) is 1.69. The van der Waals surface area contributed by atoms with Crippen molar-refractivity contribution < 1.29 is 9.15 Å². The lowest BCUT2D eigenvalue weighted by atomic mass is 9.97. The second-order valence-corrected chi connectivity index (χ2v) is 6.77. The topological polar surface area (TPSA) is 51.4 Å². The second-order valence-electron chi connectivity index (χ2n) is 6.77. The van der Waals surface area contributed by atoms with Crippen LogP contribution in [0.15, 0.2) is 28.7 Å². The van der Waals surface area contributed by atoms with Gasteiger partial charge in [-0.15, -0.1) is 10.2 Å². The molecule has 0 fully saturated rings. The molecule has 0 saturated heterocycles. The van der Waals surface area contributed by atoms with Gasteiger partial charge in [0.15, 0.2) is 0 Å². The molecule has 1 aromatic carbocycles. The molecule has 2 aromatic rings. The number of benzene rings is 1. The number of hydrogen-bond donors (Lipinski definition) is 0. The minimum Gasteiger partial charge on any atom is -0.497 e. The van der Waals surface area contributed by atoms with Gasteiger partial charge in [0, 0.05) is 11.5 Å². The SMILES string of the molecule is CCN(Cc1nnc(C(C)(C)C)o1)C(C)c1cccc(OC)c1. The van der Waals surface area contributed by atoms with Crippen molar-refractivity contribution in [1.82, 2.24) is 15.1 Å². The molecule has 1 aromatic heterocycles. The van der Waals surface area contributed by atoms with Crippen molar-refractivity contribution in [3.05, 3.63) is 41.6 Å². The van der Waals surface area contributed by atoms with Crippen LogP contribution in [0.25, 0.3) is 0 Å². The third-order valence-electron chi connectivity index (χ3n) is 3.98. The van der Waals surface area contributed by atoms with Gasteiger partial charge in [0.25, 0.3) is 0 Å². The second kappa shape index (κ2) is 7.13. The molecule has 0 amide bonds. The Kier molecular flexibility index (Phi) is 5.42. The Hall–Kier alpha value is -1.88. The number of rotatable bonds is 6. The van der Waals surface area contributed by atoms with Crippen LogP contribution in [0, 0.1) is 0 Å². The highest BCUT2D eigenvalue weighted by Crippen LogP contribution is 2.26. The van der Waals surface area contributed by atoms with Crippen molar-refractivity contribution in [2.45, 2.75) is 52.6 Å². The van der Waals surface area contributed by atoms with E-state index in [-0.39, 0.29) is 11.5 Å². The molecule has 0 aliphatic heterocycles. The predicted octanol–water partition coefficient (Wildman–Crippen LogP) is 3.96. The van der Waals surface area contributed by atoms with E-state index in [1.165, 1.54) is 5.56 Å². The Bertz CT molecular complexity index is 631. The standard InChI is InChI=1S/C18H27N3O2/c1-7-21(12-16-19-20-17(23-16)18(3,4)5)13(2)14-9-8-10-15(11-14)22-6/h8-11,13H,7,12H2,1-6H3. The number of ether oxygens (including phenoxy) is 1. The third-order valence-corrected chi connectivity index (χ3v) is 3.98. The van der Waals surface area contributed by atoms with Crippen molar-refractivity contribution in [2.24, 2.45) is 0 Å². The van der Waals surface area contributed by atoms with Gasteiger partial charge < -0.3 is 9.15 Å². The molecule has 0 aliphatic rings. The first-order valence-electron chi connectivity index (χ1n) is 8.06. The van der Waals surface area contributed by atoms with Gasteiger partial charge in [-0.25, -0.2) is 0 Å². The zero-order valence-electron chi connectivity index (χ0n) is 15.0. The van der Waals surface area contributed by atoms with Gasteiger partial charge in [-0.1, -0.05) is 39.8 Å². The highest BCUT2D eigenvalue weighted by molar-refractivity contribution is 5.30. The molecule has 0 aliphatic carbocycles. The van der Waals surface area contributed by atoms with Crippen LogP contribution >= 0.6 is 0 Å². The van der Waals surface area contributed by atoms with Gasteiger partial charge in [-0.05, 0) is 31.2 Å². The summed E-state index contributed by atoms with van der Waals surface area (Å²) < 4.78 is 11.1. The molecular weight excluding hydrogens is 290 g/mol. The molecule has 0 N–H and O–H groups in total. The zero-order valence-corrected chi connectivity index (χ0v) is 15.0. The number of hydrogen-bond acceptors (Lipinski definition) is 5. The minimum atomic E-state index is -0.124. The van der Waals surface area contributed by atoms with Crippen LogP contribution < -0.4 is 4.74 Å². The molecule has 1 unspecified atom stereocenters. The van der Waals surface area contributed by atoms with Gasteiger partial charge >= 0.3 is 0 Å². The highest BCUT2D eigenvalue weighted by atomic mass is 16.5. The van der Waals surface area contributed by atoms with Gasteiger partial charge in [-0.3, -0.25) is 4.90 Å². The van der Waals surface area contributed by atoms with Crippen LogP contribution in [0.3, 0.4) is 0 Å². The van der Waals surface area contributed by atoms with E-state index in [1.807, 2.05) is 12.1 Å². The summed E-state index contributed by atoms with van der Waals surface area (Å²) in [5.74, 6) is 2.21. The van der Waals surface area contributed by atoms with E-state index in [0.717, 1.165) is 12.3 Å². The van der Waals surface area contributed by atoms with Crippen LogP contribution in [0.5, 0.6) is 5.75 Å². The average Bonchev–Trinajstić information content (AvgIpc) is 3.01. The summed E-state index contributed by atoms with van der Waals surface area (Å²) in [6.07, 6.45) is 0. The van der Waals surface area contributed by atoms with E-state index in [0.29, 0.717) is 18.3 Å². The Balaban J connectivity index is 2.14. The van der Waals surface area contributed by atoms with E-state index in [1.54, 1.807) is 7.11 Å². The summed E-state index contributed by atoms with van der Waals surface area (Å²) in [6.45, 7) is 12.1. The van der Waals surface area contributed by atoms with Gasteiger partial charge in [0.05, 0.1) is 13.7 Å². The first-order chi connectivity index (χ1) is 10.8. The van der Waals surface area contributed by atoms with E-state index >= 15 is 0 Å². The quantitative estimate of drug-likeness (QED) is 0.807. The summed E-state index contributed by atoms with van der Waals surface area (Å²) in [6, 6.07) is 8.40. The fourth-order valence-electron chi connectivity index (χ4n) is 2.43.